The molecule has 0 aliphatic carbocycles. The average molecular weight is 514 g/mol. The largest absolute Gasteiger partial charge is 0.482 e. The van der Waals surface area contributed by atoms with Gasteiger partial charge < -0.3 is 4.74 Å². The Morgan fingerprint density at radius 3 is 2.43 bits per heavy atom. The van der Waals surface area contributed by atoms with E-state index in [-0.39, 0.29) is 12.5 Å². The Kier molecular flexibility index (Phi) is 9.22. The van der Waals surface area contributed by atoms with Crippen molar-refractivity contribution in [3.05, 3.63) is 43.6 Å². The van der Waals surface area contributed by atoms with Crippen LogP contribution in [0.4, 0.5) is 0 Å². The number of rotatable bonds is 10. The second kappa shape index (κ2) is 11.1. The molecule has 2 rings (SSSR count). The fourth-order valence-electron chi connectivity index (χ4n) is 3.43. The molecule has 0 aliphatic rings. The third kappa shape index (κ3) is 6.18. The fourth-order valence-corrected chi connectivity index (χ4v) is 4.98. The van der Waals surface area contributed by atoms with E-state index in [4.69, 9.17) is 4.74 Å². The minimum atomic E-state index is -0.149. The monoisotopic (exact) mass is 512 g/mol. The molecule has 0 atom stereocenters. The maximum atomic E-state index is 12.7. The van der Waals surface area contributed by atoms with Crippen molar-refractivity contribution in [2.24, 2.45) is 0 Å². The van der Waals surface area contributed by atoms with Gasteiger partial charge in [-0.3, -0.25) is 4.79 Å². The summed E-state index contributed by atoms with van der Waals surface area (Å²) in [7, 11) is 0. The van der Waals surface area contributed by atoms with Crippen LogP contribution < -0.4 is 4.74 Å². The van der Waals surface area contributed by atoms with Gasteiger partial charge in [-0.2, -0.15) is 5.10 Å². The molecule has 0 unspecified atom stereocenters. The highest BCUT2D eigenvalue weighted by atomic mass is 79.9. The Labute approximate surface area is 185 Å². The lowest BCUT2D eigenvalue weighted by atomic mass is 10.0. The number of carbonyl (C=O) groups is 1. The summed E-state index contributed by atoms with van der Waals surface area (Å²) in [5.41, 5.74) is 4.04. The normalized spacial score (nSPS) is 11.1. The van der Waals surface area contributed by atoms with Crippen LogP contribution in [0.25, 0.3) is 0 Å². The van der Waals surface area contributed by atoms with Crippen LogP contribution >= 0.6 is 31.9 Å². The lowest BCUT2D eigenvalue weighted by molar-refractivity contribution is 0.0817. The van der Waals surface area contributed by atoms with Crippen LogP contribution in [0.5, 0.6) is 5.75 Å². The lowest BCUT2D eigenvalue weighted by Gasteiger charge is -2.11. The summed E-state index contributed by atoms with van der Waals surface area (Å²) in [5, 5.41) is 4.48. The molecule has 0 N–H and O–H groups in total. The Morgan fingerprint density at radius 1 is 1.07 bits per heavy atom. The highest BCUT2D eigenvalue weighted by molar-refractivity contribution is 9.11. The van der Waals surface area contributed by atoms with Crippen LogP contribution in [0.15, 0.2) is 21.1 Å². The van der Waals surface area contributed by atoms with Crippen molar-refractivity contribution in [3.8, 4) is 5.75 Å². The molecule has 154 valence electrons. The van der Waals surface area contributed by atoms with Crippen molar-refractivity contribution >= 4 is 37.8 Å². The van der Waals surface area contributed by atoms with E-state index in [2.05, 4.69) is 43.9 Å². The first-order valence-corrected chi connectivity index (χ1v) is 11.6. The van der Waals surface area contributed by atoms with Crippen LogP contribution in [0.3, 0.4) is 0 Å². The highest BCUT2D eigenvalue weighted by Crippen LogP contribution is 2.32. The summed E-state index contributed by atoms with van der Waals surface area (Å²) >= 11 is 6.95. The molecule has 0 saturated heterocycles. The van der Waals surface area contributed by atoms with E-state index in [1.165, 1.54) is 42.3 Å². The maximum Gasteiger partial charge on any atom is 0.284 e. The Hall–Kier alpha value is -1.14. The molecular formula is C22H30Br2N2O2. The molecule has 0 aliphatic heterocycles. The fraction of sp³-hybridized carbons (Fsp3) is 0.545. The van der Waals surface area contributed by atoms with Gasteiger partial charge >= 0.3 is 0 Å². The number of nitrogens with zero attached hydrogens (tertiary/aromatic N) is 2. The molecule has 0 saturated carbocycles. The first-order valence-electron chi connectivity index (χ1n) is 10.0. The molecule has 1 aromatic heterocycles. The smallest absolute Gasteiger partial charge is 0.284 e. The number of carbonyl (C=O) groups excluding carboxylic acids is 1. The molecule has 0 radical (unpaired) electrons. The second-order valence-corrected chi connectivity index (χ2v) is 9.07. The van der Waals surface area contributed by atoms with E-state index in [0.717, 1.165) is 38.7 Å². The highest BCUT2D eigenvalue weighted by Gasteiger charge is 2.18. The van der Waals surface area contributed by atoms with Crippen molar-refractivity contribution in [2.75, 3.05) is 6.61 Å². The molecule has 6 heteroatoms. The maximum absolute atomic E-state index is 12.7. The summed E-state index contributed by atoms with van der Waals surface area (Å²) in [6.45, 7) is 8.11. The molecule has 0 bridgehead atoms. The predicted octanol–water partition coefficient (Wildman–Crippen LogP) is 6.96. The number of unbranched alkanes of at least 4 members (excludes halogenated alkanes) is 5. The Bertz CT molecular complexity index is 792. The molecule has 2 aromatic rings. The number of halogens is 2. The minimum absolute atomic E-state index is 0.0422. The van der Waals surface area contributed by atoms with Gasteiger partial charge in [-0.05, 0) is 72.8 Å². The van der Waals surface area contributed by atoms with Crippen molar-refractivity contribution in [1.29, 1.82) is 0 Å². The first kappa shape index (κ1) is 23.1. The van der Waals surface area contributed by atoms with Gasteiger partial charge in [0.05, 0.1) is 10.2 Å². The molecule has 0 amide bonds. The summed E-state index contributed by atoms with van der Waals surface area (Å²) < 4.78 is 9.09. The molecule has 0 spiro atoms. The number of benzene rings is 1. The minimum Gasteiger partial charge on any atom is -0.482 e. The van der Waals surface area contributed by atoms with Gasteiger partial charge in [0.2, 0.25) is 0 Å². The van der Waals surface area contributed by atoms with Crippen molar-refractivity contribution in [2.45, 2.75) is 72.6 Å². The van der Waals surface area contributed by atoms with Gasteiger partial charge in [-0.1, -0.05) is 55.0 Å². The standard InChI is InChI=1S/C22H30Br2N2O2/c1-5-6-7-8-9-10-11-19-16(3)25-26(17(19)4)21(27)14-28-22-15(2)12-18(23)13-20(22)24/h12-13H,5-11,14H2,1-4H3. The zero-order valence-corrected chi connectivity index (χ0v) is 20.5. The van der Waals surface area contributed by atoms with Crippen LogP contribution in [-0.4, -0.2) is 22.3 Å². The van der Waals surface area contributed by atoms with E-state index in [0.29, 0.717) is 5.75 Å². The topological polar surface area (TPSA) is 44.1 Å². The number of aryl methyl sites for hydroxylation is 2. The average Bonchev–Trinajstić information content (AvgIpc) is 2.91. The number of hydrogen-bond acceptors (Lipinski definition) is 3. The van der Waals surface area contributed by atoms with Gasteiger partial charge in [0.25, 0.3) is 5.91 Å². The van der Waals surface area contributed by atoms with Crippen LogP contribution in [0.2, 0.25) is 0 Å². The second-order valence-electron chi connectivity index (χ2n) is 7.29. The third-order valence-corrected chi connectivity index (χ3v) is 6.04. The van der Waals surface area contributed by atoms with E-state index in [1.54, 1.807) is 0 Å². The SMILES string of the molecule is CCCCCCCCc1c(C)nn(C(=O)COc2c(C)cc(Br)cc2Br)c1C. The van der Waals surface area contributed by atoms with E-state index < -0.39 is 0 Å². The van der Waals surface area contributed by atoms with Crippen molar-refractivity contribution in [1.82, 2.24) is 9.78 Å². The summed E-state index contributed by atoms with van der Waals surface area (Å²) in [5.74, 6) is 0.536. The van der Waals surface area contributed by atoms with Crippen LogP contribution in [-0.2, 0) is 6.42 Å². The van der Waals surface area contributed by atoms with E-state index >= 15 is 0 Å². The molecular weight excluding hydrogens is 484 g/mol. The predicted molar refractivity (Wildman–Crippen MR) is 121 cm³/mol. The molecule has 1 aromatic carbocycles. The number of aromatic nitrogens is 2. The Balaban J connectivity index is 1.97. The zero-order valence-electron chi connectivity index (χ0n) is 17.3. The van der Waals surface area contributed by atoms with Gasteiger partial charge in [0, 0.05) is 10.2 Å². The lowest BCUT2D eigenvalue weighted by Crippen LogP contribution is -2.22. The third-order valence-electron chi connectivity index (χ3n) is 4.99. The number of ether oxygens (including phenoxy) is 1. The van der Waals surface area contributed by atoms with Gasteiger partial charge in [0.1, 0.15) is 5.75 Å². The quantitative estimate of drug-likeness (QED) is 0.322. The zero-order chi connectivity index (χ0) is 20.7. The van der Waals surface area contributed by atoms with Gasteiger partial charge in [0.15, 0.2) is 6.61 Å². The summed E-state index contributed by atoms with van der Waals surface area (Å²) in [4.78, 5) is 12.7. The summed E-state index contributed by atoms with van der Waals surface area (Å²) in [6.07, 6.45) is 8.55. The van der Waals surface area contributed by atoms with E-state index in [9.17, 15) is 4.79 Å². The first-order chi connectivity index (χ1) is 13.3. The van der Waals surface area contributed by atoms with Crippen LogP contribution in [0, 0.1) is 20.8 Å². The molecule has 28 heavy (non-hydrogen) atoms. The van der Waals surface area contributed by atoms with E-state index in [1.807, 2.05) is 32.9 Å². The van der Waals surface area contributed by atoms with Crippen LogP contribution in [0.1, 0.15) is 72.8 Å². The van der Waals surface area contributed by atoms with Crippen molar-refractivity contribution in [3.63, 3.8) is 0 Å². The van der Waals surface area contributed by atoms with Crippen molar-refractivity contribution < 1.29 is 9.53 Å². The Morgan fingerprint density at radius 2 is 1.75 bits per heavy atom. The molecule has 1 heterocycles. The van der Waals surface area contributed by atoms with Gasteiger partial charge in [-0.25, -0.2) is 4.68 Å². The van der Waals surface area contributed by atoms with Gasteiger partial charge in [-0.15, -0.1) is 0 Å². The number of hydrogen-bond donors (Lipinski definition) is 0. The summed E-state index contributed by atoms with van der Waals surface area (Å²) in [6, 6.07) is 3.88. The molecule has 4 nitrogen and oxygen atoms in total. The molecule has 0 fully saturated rings.